The summed E-state index contributed by atoms with van der Waals surface area (Å²) in [6, 6.07) is 8.81. The second-order valence-corrected chi connectivity index (χ2v) is 5.05. The number of nitrogens with one attached hydrogen (secondary N) is 2. The highest BCUT2D eigenvalue weighted by atomic mass is 32.1. The van der Waals surface area contributed by atoms with Crippen molar-refractivity contribution >= 4 is 33.9 Å². The molecule has 1 heterocycles. The molecule has 1 aromatic heterocycles. The SMILES string of the molecule is CCOC(=O)c1ccsc1NC(=O)c1ccccc1NC. The molecule has 1 aromatic carbocycles. The Kier molecular flexibility index (Phi) is 4.94. The molecule has 2 N–H and O–H groups in total. The van der Waals surface area contributed by atoms with Gasteiger partial charge < -0.3 is 15.4 Å². The Morgan fingerprint density at radius 3 is 2.67 bits per heavy atom. The van der Waals surface area contributed by atoms with E-state index in [0.29, 0.717) is 22.7 Å². The lowest BCUT2D eigenvalue weighted by Gasteiger charge is -2.09. The summed E-state index contributed by atoms with van der Waals surface area (Å²) >= 11 is 1.29. The van der Waals surface area contributed by atoms with Gasteiger partial charge in [0.15, 0.2) is 0 Å². The number of para-hydroxylation sites is 1. The van der Waals surface area contributed by atoms with Crippen LogP contribution in [0.25, 0.3) is 0 Å². The van der Waals surface area contributed by atoms with Crippen molar-refractivity contribution in [1.29, 1.82) is 0 Å². The zero-order valence-electron chi connectivity index (χ0n) is 11.8. The zero-order valence-corrected chi connectivity index (χ0v) is 12.6. The van der Waals surface area contributed by atoms with E-state index < -0.39 is 5.97 Å². The molecule has 0 fully saturated rings. The maximum atomic E-state index is 12.3. The van der Waals surface area contributed by atoms with Crippen LogP contribution in [0.1, 0.15) is 27.6 Å². The van der Waals surface area contributed by atoms with Crippen LogP contribution in [0.5, 0.6) is 0 Å². The van der Waals surface area contributed by atoms with Gasteiger partial charge in [-0.2, -0.15) is 0 Å². The highest BCUT2D eigenvalue weighted by Crippen LogP contribution is 2.25. The largest absolute Gasteiger partial charge is 0.462 e. The first-order valence-electron chi connectivity index (χ1n) is 6.50. The molecule has 21 heavy (non-hydrogen) atoms. The van der Waals surface area contributed by atoms with Crippen LogP contribution in [0.4, 0.5) is 10.7 Å². The van der Waals surface area contributed by atoms with Crippen LogP contribution in [-0.2, 0) is 4.74 Å². The van der Waals surface area contributed by atoms with Gasteiger partial charge in [0.05, 0.1) is 17.7 Å². The number of esters is 1. The summed E-state index contributed by atoms with van der Waals surface area (Å²) in [7, 11) is 1.75. The van der Waals surface area contributed by atoms with Crippen LogP contribution in [-0.4, -0.2) is 25.5 Å². The maximum absolute atomic E-state index is 12.3. The minimum Gasteiger partial charge on any atom is -0.462 e. The van der Waals surface area contributed by atoms with Crippen molar-refractivity contribution in [2.24, 2.45) is 0 Å². The van der Waals surface area contributed by atoms with Gasteiger partial charge in [-0.3, -0.25) is 4.79 Å². The Morgan fingerprint density at radius 1 is 1.19 bits per heavy atom. The molecule has 0 saturated carbocycles. The maximum Gasteiger partial charge on any atom is 0.341 e. The quantitative estimate of drug-likeness (QED) is 0.832. The van der Waals surface area contributed by atoms with E-state index in [1.165, 1.54) is 11.3 Å². The van der Waals surface area contributed by atoms with Gasteiger partial charge in [-0.05, 0) is 30.5 Å². The van der Waals surface area contributed by atoms with E-state index in [1.807, 2.05) is 12.1 Å². The zero-order chi connectivity index (χ0) is 15.2. The number of thiophene rings is 1. The van der Waals surface area contributed by atoms with Crippen LogP contribution >= 0.6 is 11.3 Å². The Balaban J connectivity index is 2.21. The molecule has 0 unspecified atom stereocenters. The molecule has 110 valence electrons. The van der Waals surface area contributed by atoms with Crippen LogP contribution in [0.15, 0.2) is 35.7 Å². The fraction of sp³-hybridized carbons (Fsp3) is 0.200. The predicted octanol–water partition coefficient (Wildman–Crippen LogP) is 3.22. The first-order chi connectivity index (χ1) is 10.2. The van der Waals surface area contributed by atoms with Gasteiger partial charge in [-0.1, -0.05) is 12.1 Å². The Labute approximate surface area is 126 Å². The number of anilines is 2. The first kappa shape index (κ1) is 15.1. The molecule has 6 heteroatoms. The highest BCUT2D eigenvalue weighted by molar-refractivity contribution is 7.14. The van der Waals surface area contributed by atoms with Crippen molar-refractivity contribution in [3.05, 3.63) is 46.8 Å². The number of ether oxygens (including phenoxy) is 1. The minimum atomic E-state index is -0.434. The van der Waals surface area contributed by atoms with Gasteiger partial charge in [0, 0.05) is 12.7 Å². The molecule has 0 aliphatic carbocycles. The summed E-state index contributed by atoms with van der Waals surface area (Å²) in [6.45, 7) is 2.04. The Morgan fingerprint density at radius 2 is 1.95 bits per heavy atom. The molecule has 0 aliphatic heterocycles. The van der Waals surface area contributed by atoms with Crippen LogP contribution in [0, 0.1) is 0 Å². The van der Waals surface area contributed by atoms with E-state index in [1.54, 1.807) is 37.6 Å². The van der Waals surface area contributed by atoms with E-state index in [0.717, 1.165) is 5.69 Å². The van der Waals surface area contributed by atoms with Crippen molar-refractivity contribution in [2.75, 3.05) is 24.3 Å². The van der Waals surface area contributed by atoms with Crippen molar-refractivity contribution in [1.82, 2.24) is 0 Å². The molecular formula is C15H16N2O3S. The fourth-order valence-electron chi connectivity index (χ4n) is 1.85. The lowest BCUT2D eigenvalue weighted by Crippen LogP contribution is -2.15. The third-order valence-electron chi connectivity index (χ3n) is 2.83. The molecule has 0 bridgehead atoms. The van der Waals surface area contributed by atoms with Crippen molar-refractivity contribution in [3.63, 3.8) is 0 Å². The lowest BCUT2D eigenvalue weighted by atomic mass is 10.1. The van der Waals surface area contributed by atoms with Gasteiger partial charge in [0.1, 0.15) is 5.00 Å². The second kappa shape index (κ2) is 6.90. The van der Waals surface area contributed by atoms with Crippen LogP contribution in [0.2, 0.25) is 0 Å². The molecule has 0 radical (unpaired) electrons. The topological polar surface area (TPSA) is 67.4 Å². The van der Waals surface area contributed by atoms with E-state index in [-0.39, 0.29) is 5.91 Å². The van der Waals surface area contributed by atoms with Crippen molar-refractivity contribution in [3.8, 4) is 0 Å². The number of carbonyl (C=O) groups is 2. The van der Waals surface area contributed by atoms with Gasteiger partial charge in [0.25, 0.3) is 5.91 Å². The lowest BCUT2D eigenvalue weighted by molar-refractivity contribution is 0.0528. The van der Waals surface area contributed by atoms with Gasteiger partial charge in [-0.15, -0.1) is 11.3 Å². The molecule has 2 rings (SSSR count). The van der Waals surface area contributed by atoms with E-state index in [4.69, 9.17) is 4.74 Å². The molecule has 0 aliphatic rings. The van der Waals surface area contributed by atoms with E-state index in [2.05, 4.69) is 10.6 Å². The van der Waals surface area contributed by atoms with E-state index in [9.17, 15) is 9.59 Å². The molecule has 0 atom stereocenters. The molecule has 0 saturated heterocycles. The predicted molar refractivity (Wildman–Crippen MR) is 84.2 cm³/mol. The van der Waals surface area contributed by atoms with Crippen molar-refractivity contribution < 1.29 is 14.3 Å². The Hall–Kier alpha value is -2.34. The summed E-state index contributed by atoms with van der Waals surface area (Å²) in [5.41, 5.74) is 1.62. The third-order valence-corrected chi connectivity index (χ3v) is 3.66. The minimum absolute atomic E-state index is 0.270. The summed E-state index contributed by atoms with van der Waals surface area (Å²) in [4.78, 5) is 24.1. The molecule has 1 amide bonds. The van der Waals surface area contributed by atoms with Crippen molar-refractivity contribution in [2.45, 2.75) is 6.92 Å². The van der Waals surface area contributed by atoms with Gasteiger partial charge >= 0.3 is 5.97 Å². The number of benzene rings is 1. The molecule has 2 aromatic rings. The third kappa shape index (κ3) is 3.41. The molecular weight excluding hydrogens is 288 g/mol. The average Bonchev–Trinajstić information content (AvgIpc) is 2.95. The number of rotatable bonds is 5. The first-order valence-corrected chi connectivity index (χ1v) is 7.38. The number of hydrogen-bond donors (Lipinski definition) is 2. The van der Waals surface area contributed by atoms with Crippen LogP contribution < -0.4 is 10.6 Å². The monoisotopic (exact) mass is 304 g/mol. The normalized spacial score (nSPS) is 10.0. The van der Waals surface area contributed by atoms with E-state index >= 15 is 0 Å². The Bertz CT molecular complexity index is 652. The summed E-state index contributed by atoms with van der Waals surface area (Å²) in [5, 5.41) is 7.96. The summed E-state index contributed by atoms with van der Waals surface area (Å²) < 4.78 is 4.96. The highest BCUT2D eigenvalue weighted by Gasteiger charge is 2.17. The standard InChI is InChI=1S/C15H16N2O3S/c1-3-20-15(19)11-8-9-21-14(11)17-13(18)10-6-4-5-7-12(10)16-2/h4-9,16H,3H2,1-2H3,(H,17,18). The summed E-state index contributed by atoms with van der Waals surface area (Å²) in [5.74, 6) is -0.705. The summed E-state index contributed by atoms with van der Waals surface area (Å²) in [6.07, 6.45) is 0. The van der Waals surface area contributed by atoms with Crippen LogP contribution in [0.3, 0.4) is 0 Å². The number of hydrogen-bond acceptors (Lipinski definition) is 5. The number of carbonyl (C=O) groups excluding carboxylic acids is 2. The molecule has 5 nitrogen and oxygen atoms in total. The average molecular weight is 304 g/mol. The molecule has 0 spiro atoms. The smallest absolute Gasteiger partial charge is 0.341 e. The fourth-order valence-corrected chi connectivity index (χ4v) is 2.62. The second-order valence-electron chi connectivity index (χ2n) is 4.13. The van der Waals surface area contributed by atoms with Gasteiger partial charge in [-0.25, -0.2) is 4.79 Å². The van der Waals surface area contributed by atoms with Gasteiger partial charge in [0.2, 0.25) is 0 Å². The number of amides is 1.